The zero-order chi connectivity index (χ0) is 26.9. The Labute approximate surface area is 240 Å². The Bertz CT molecular complexity index is 1630. The van der Waals surface area contributed by atoms with Crippen molar-refractivity contribution in [2.45, 2.75) is 18.9 Å². The number of hydrogen-bond donors (Lipinski definition) is 4. The number of ether oxygens (including phenoxy) is 2. The summed E-state index contributed by atoms with van der Waals surface area (Å²) < 4.78 is 40.5. The van der Waals surface area contributed by atoms with Gasteiger partial charge in [0.25, 0.3) is 0 Å². The molecule has 4 N–H and O–H groups in total. The van der Waals surface area contributed by atoms with Crippen LogP contribution in [0.3, 0.4) is 0 Å². The van der Waals surface area contributed by atoms with Crippen molar-refractivity contribution in [1.29, 1.82) is 0 Å². The number of aromatic hydroxyl groups is 1. The maximum Gasteiger partial charge on any atom is 0.310 e. The van der Waals surface area contributed by atoms with Gasteiger partial charge < -0.3 is 19.7 Å². The van der Waals surface area contributed by atoms with Gasteiger partial charge in [-0.3, -0.25) is 4.72 Å². The first-order valence-electron chi connectivity index (χ1n) is 11.6. The Morgan fingerprint density at radius 2 is 1.46 bits per heavy atom. The number of sulfonamides is 1. The molecule has 206 valence electrons. The first-order valence-corrected chi connectivity index (χ1v) is 15.3. The third kappa shape index (κ3) is 6.75. The number of hydrogen-bond acceptors (Lipinski definition) is 9. The number of aliphatic hydroxyl groups is 1. The van der Waals surface area contributed by atoms with E-state index in [1.54, 1.807) is 29.6 Å². The Hall–Kier alpha value is -3.06. The second-order valence-corrected chi connectivity index (χ2v) is 12.5. The summed E-state index contributed by atoms with van der Waals surface area (Å²) in [4.78, 5) is 0. The lowest BCUT2D eigenvalue weighted by Gasteiger charge is -2.32. The highest BCUT2D eigenvalue weighted by molar-refractivity contribution is 7.92. The predicted octanol–water partition coefficient (Wildman–Crippen LogP) is 6.07. The van der Waals surface area contributed by atoms with Gasteiger partial charge in [-0.05, 0) is 42.0 Å². The standard InChI is InChI=1S/C27H26N2O6S3.ClH/c1-27(34-23-15-36-25-9-5-3-7-18(23)25,35-24-16-37-26-10-6-4-8-19(24)26)28-14-22(31)17-11-12-21(30)20(13-17)29-38(2,32)33;/h3-13,15-16,22,28-31H,14H2,1-2H3;1H. The quantitative estimate of drug-likeness (QED) is 0.113. The second-order valence-electron chi connectivity index (χ2n) is 8.89. The molecular weight excluding hydrogens is 580 g/mol. The van der Waals surface area contributed by atoms with E-state index in [-0.39, 0.29) is 30.4 Å². The Morgan fingerprint density at radius 1 is 0.923 bits per heavy atom. The minimum atomic E-state index is -3.62. The molecule has 0 aliphatic carbocycles. The van der Waals surface area contributed by atoms with Crippen molar-refractivity contribution in [3.8, 4) is 17.2 Å². The van der Waals surface area contributed by atoms with Crippen molar-refractivity contribution in [3.63, 3.8) is 0 Å². The molecule has 12 heteroatoms. The number of phenols is 1. The molecule has 0 aliphatic rings. The van der Waals surface area contributed by atoms with Crippen molar-refractivity contribution in [3.05, 3.63) is 83.1 Å². The van der Waals surface area contributed by atoms with Crippen LogP contribution in [0.15, 0.2) is 77.5 Å². The van der Waals surface area contributed by atoms with Crippen LogP contribution in [-0.4, -0.2) is 37.3 Å². The molecule has 1 unspecified atom stereocenters. The molecule has 0 saturated carbocycles. The molecule has 0 amide bonds. The molecule has 2 heterocycles. The van der Waals surface area contributed by atoms with Crippen LogP contribution in [0, 0.1) is 0 Å². The number of phenolic OH excluding ortho intramolecular Hbond substituents is 1. The molecule has 2 aromatic heterocycles. The number of rotatable bonds is 10. The van der Waals surface area contributed by atoms with Crippen molar-refractivity contribution in [2.75, 3.05) is 17.5 Å². The van der Waals surface area contributed by atoms with Crippen LogP contribution in [0.5, 0.6) is 17.2 Å². The Morgan fingerprint density at radius 3 is 2.00 bits per heavy atom. The highest BCUT2D eigenvalue weighted by atomic mass is 35.5. The van der Waals surface area contributed by atoms with E-state index in [0.29, 0.717) is 17.1 Å². The average Bonchev–Trinajstić information content (AvgIpc) is 3.47. The van der Waals surface area contributed by atoms with Gasteiger partial charge in [0.15, 0.2) is 0 Å². The zero-order valence-electron chi connectivity index (χ0n) is 21.0. The number of aliphatic hydroxyl groups excluding tert-OH is 1. The second kappa shape index (κ2) is 11.6. The largest absolute Gasteiger partial charge is 0.506 e. The maximum absolute atomic E-state index is 11.7. The smallest absolute Gasteiger partial charge is 0.310 e. The number of halogens is 1. The molecule has 0 spiro atoms. The van der Waals surface area contributed by atoms with E-state index in [0.717, 1.165) is 26.4 Å². The van der Waals surface area contributed by atoms with Crippen molar-refractivity contribution in [2.24, 2.45) is 0 Å². The van der Waals surface area contributed by atoms with E-state index in [4.69, 9.17) is 9.47 Å². The summed E-state index contributed by atoms with van der Waals surface area (Å²) in [6, 6.07) is 20.0. The van der Waals surface area contributed by atoms with Gasteiger partial charge in [0, 0.05) is 44.4 Å². The molecule has 0 fully saturated rings. The maximum atomic E-state index is 11.7. The van der Waals surface area contributed by atoms with E-state index >= 15 is 0 Å². The van der Waals surface area contributed by atoms with Gasteiger partial charge in [0.1, 0.15) is 17.2 Å². The molecule has 8 nitrogen and oxygen atoms in total. The molecule has 3 aromatic carbocycles. The fourth-order valence-electron chi connectivity index (χ4n) is 4.02. The molecule has 1 atom stereocenters. The summed E-state index contributed by atoms with van der Waals surface area (Å²) >= 11 is 3.12. The summed E-state index contributed by atoms with van der Waals surface area (Å²) in [5.74, 6) is -0.346. The minimum Gasteiger partial charge on any atom is -0.506 e. The number of anilines is 1. The topological polar surface area (TPSA) is 117 Å². The molecule has 5 aromatic rings. The monoisotopic (exact) mass is 606 g/mol. The van der Waals surface area contributed by atoms with Crippen LogP contribution in [0.4, 0.5) is 5.69 Å². The molecule has 0 aliphatic heterocycles. The number of thiophene rings is 2. The average molecular weight is 607 g/mol. The van der Waals surface area contributed by atoms with Crippen LogP contribution in [0.25, 0.3) is 20.2 Å². The number of nitrogens with one attached hydrogen (secondary N) is 2. The van der Waals surface area contributed by atoms with E-state index < -0.39 is 22.0 Å². The van der Waals surface area contributed by atoms with Crippen molar-refractivity contribution in [1.82, 2.24) is 5.32 Å². The fourth-order valence-corrected chi connectivity index (χ4v) is 6.31. The third-order valence-electron chi connectivity index (χ3n) is 5.82. The molecule has 0 saturated heterocycles. The zero-order valence-corrected chi connectivity index (χ0v) is 24.2. The van der Waals surface area contributed by atoms with E-state index in [1.165, 1.54) is 18.2 Å². The van der Waals surface area contributed by atoms with Crippen molar-refractivity contribution >= 4 is 71.0 Å². The molecule has 5 rings (SSSR count). The first-order chi connectivity index (χ1) is 18.1. The Balaban J connectivity index is 0.00000353. The highest BCUT2D eigenvalue weighted by Crippen LogP contribution is 2.37. The third-order valence-corrected chi connectivity index (χ3v) is 8.29. The van der Waals surface area contributed by atoms with Gasteiger partial charge >= 0.3 is 5.91 Å². The van der Waals surface area contributed by atoms with Crippen LogP contribution < -0.4 is 19.5 Å². The lowest BCUT2D eigenvalue weighted by atomic mass is 10.1. The molecule has 0 radical (unpaired) electrons. The highest BCUT2D eigenvalue weighted by Gasteiger charge is 2.32. The Kier molecular flexibility index (Phi) is 8.60. The fraction of sp³-hybridized carbons (Fsp3) is 0.185. The van der Waals surface area contributed by atoms with Gasteiger partial charge in [0.05, 0.1) is 18.0 Å². The lowest BCUT2D eigenvalue weighted by Crippen LogP contribution is -2.53. The number of fused-ring (bicyclic) bond motifs is 2. The first kappa shape index (κ1) is 28.9. The SMILES string of the molecule is CC(NCC(O)c1ccc(O)c(NS(C)(=O)=O)c1)(Oc1csc2ccccc12)Oc1csc2ccccc12.Cl. The van der Waals surface area contributed by atoms with Crippen LogP contribution in [0.2, 0.25) is 0 Å². The molecule has 39 heavy (non-hydrogen) atoms. The van der Waals surface area contributed by atoms with E-state index in [9.17, 15) is 18.6 Å². The predicted molar refractivity (Wildman–Crippen MR) is 160 cm³/mol. The van der Waals surface area contributed by atoms with Gasteiger partial charge in [-0.2, -0.15) is 0 Å². The van der Waals surface area contributed by atoms with E-state index in [2.05, 4.69) is 10.0 Å². The summed E-state index contributed by atoms with van der Waals surface area (Å²) in [5, 5.41) is 29.9. The molecular formula is C27H27ClN2O6S3. The van der Waals surface area contributed by atoms with Gasteiger partial charge in [-0.15, -0.1) is 35.1 Å². The summed E-state index contributed by atoms with van der Waals surface area (Å²) in [6.45, 7) is 1.75. The van der Waals surface area contributed by atoms with Crippen molar-refractivity contribution < 1.29 is 28.1 Å². The van der Waals surface area contributed by atoms with Gasteiger partial charge in [0.2, 0.25) is 10.0 Å². The van der Waals surface area contributed by atoms with Crippen LogP contribution in [0.1, 0.15) is 18.6 Å². The van der Waals surface area contributed by atoms with Crippen LogP contribution in [-0.2, 0) is 10.0 Å². The summed E-state index contributed by atoms with van der Waals surface area (Å²) in [5.41, 5.74) is 0.375. The van der Waals surface area contributed by atoms with Gasteiger partial charge in [-0.1, -0.05) is 30.3 Å². The minimum absolute atomic E-state index is 0. The van der Waals surface area contributed by atoms with Gasteiger partial charge in [-0.25, -0.2) is 13.7 Å². The summed E-state index contributed by atoms with van der Waals surface area (Å²) in [6.07, 6.45) is -0.0832. The normalized spacial score (nSPS) is 12.7. The van der Waals surface area contributed by atoms with Crippen LogP contribution >= 0.6 is 35.1 Å². The number of benzene rings is 3. The lowest BCUT2D eigenvalue weighted by molar-refractivity contribution is -0.127. The van der Waals surface area contributed by atoms with E-state index in [1.807, 2.05) is 59.3 Å². The summed E-state index contributed by atoms with van der Waals surface area (Å²) in [7, 11) is -3.62. The molecule has 0 bridgehead atoms.